The third kappa shape index (κ3) is 2.38. The first-order valence-electron chi connectivity index (χ1n) is 8.20. The van der Waals surface area contributed by atoms with Gasteiger partial charge in [0.1, 0.15) is 0 Å². The van der Waals surface area contributed by atoms with Gasteiger partial charge in [-0.2, -0.15) is 0 Å². The maximum absolute atomic E-state index is 6.48. The van der Waals surface area contributed by atoms with Crippen LogP contribution in [0.3, 0.4) is 0 Å². The van der Waals surface area contributed by atoms with E-state index in [2.05, 4.69) is 47.1 Å². The van der Waals surface area contributed by atoms with Gasteiger partial charge in [0, 0.05) is 13.1 Å². The molecule has 1 fully saturated rings. The summed E-state index contributed by atoms with van der Waals surface area (Å²) in [4.78, 5) is 9.38. The minimum absolute atomic E-state index is 0.150. The van der Waals surface area contributed by atoms with Gasteiger partial charge in [0.2, 0.25) is 5.96 Å². The molecule has 0 saturated carbocycles. The molecule has 0 radical (unpaired) electrons. The Kier molecular flexibility index (Phi) is 3.93. The zero-order valence-corrected chi connectivity index (χ0v) is 15.1. The van der Waals surface area contributed by atoms with E-state index < -0.39 is 0 Å². The van der Waals surface area contributed by atoms with E-state index in [1.165, 1.54) is 5.56 Å². The van der Waals surface area contributed by atoms with Gasteiger partial charge in [0.15, 0.2) is 0 Å². The number of halogens is 2. The number of para-hydroxylation sites is 1. The summed E-state index contributed by atoms with van der Waals surface area (Å²) in [6.07, 6.45) is 1.07. The highest BCUT2D eigenvalue weighted by molar-refractivity contribution is 6.40. The number of guanidine groups is 1. The van der Waals surface area contributed by atoms with Gasteiger partial charge < -0.3 is 9.80 Å². The molecule has 1 unspecified atom stereocenters. The van der Waals surface area contributed by atoms with Gasteiger partial charge in [-0.3, -0.25) is 4.99 Å². The first-order valence-corrected chi connectivity index (χ1v) is 8.96. The summed E-state index contributed by atoms with van der Waals surface area (Å²) in [6.45, 7) is 4.88. The van der Waals surface area contributed by atoms with Crippen molar-refractivity contribution in [3.05, 3.63) is 64.1 Å². The molecular weight excluding hydrogens is 341 g/mol. The van der Waals surface area contributed by atoms with E-state index in [9.17, 15) is 0 Å². The molecule has 2 aliphatic rings. The van der Waals surface area contributed by atoms with Crippen molar-refractivity contribution in [2.24, 2.45) is 4.99 Å². The zero-order valence-electron chi connectivity index (χ0n) is 13.5. The molecule has 2 aromatic carbocycles. The summed E-state index contributed by atoms with van der Waals surface area (Å²) in [7, 11) is 0. The van der Waals surface area contributed by atoms with Gasteiger partial charge in [0.25, 0.3) is 0 Å². The van der Waals surface area contributed by atoms with E-state index in [0.717, 1.165) is 37.7 Å². The van der Waals surface area contributed by atoms with Crippen LogP contribution in [0.2, 0.25) is 10.0 Å². The number of fused-ring (bicyclic) bond motifs is 1. The Morgan fingerprint density at radius 2 is 1.71 bits per heavy atom. The summed E-state index contributed by atoms with van der Waals surface area (Å²) in [5.41, 5.74) is 1.99. The lowest BCUT2D eigenvalue weighted by molar-refractivity contribution is 0.225. The van der Waals surface area contributed by atoms with Crippen molar-refractivity contribution in [2.45, 2.75) is 18.9 Å². The molecule has 1 atom stereocenters. The Hall–Kier alpha value is -1.71. The van der Waals surface area contributed by atoms with Crippen LogP contribution in [0.4, 0.5) is 5.69 Å². The number of rotatable bonds is 2. The molecule has 5 heteroatoms. The van der Waals surface area contributed by atoms with Gasteiger partial charge in [-0.1, -0.05) is 59.6 Å². The van der Waals surface area contributed by atoms with Gasteiger partial charge in [-0.25, -0.2) is 0 Å². The maximum Gasteiger partial charge on any atom is 0.202 e. The lowest BCUT2D eigenvalue weighted by Crippen LogP contribution is -2.45. The Bertz CT molecular complexity index is 770. The van der Waals surface area contributed by atoms with Gasteiger partial charge in [-0.05, 0) is 31.0 Å². The Morgan fingerprint density at radius 1 is 1.00 bits per heavy atom. The van der Waals surface area contributed by atoms with E-state index in [0.29, 0.717) is 10.0 Å². The van der Waals surface area contributed by atoms with Crippen LogP contribution < -0.4 is 4.90 Å². The second kappa shape index (κ2) is 5.98. The highest BCUT2D eigenvalue weighted by Gasteiger charge is 2.47. The minimum Gasteiger partial charge on any atom is -0.331 e. The molecule has 0 spiro atoms. The monoisotopic (exact) mass is 359 g/mol. The smallest absolute Gasteiger partial charge is 0.202 e. The third-order valence-corrected chi connectivity index (χ3v) is 5.55. The normalized spacial score (nSPS) is 23.2. The fourth-order valence-electron chi connectivity index (χ4n) is 3.73. The molecule has 3 nitrogen and oxygen atoms in total. The topological polar surface area (TPSA) is 18.8 Å². The molecule has 24 heavy (non-hydrogen) atoms. The number of benzene rings is 2. The third-order valence-electron chi connectivity index (χ3n) is 4.94. The van der Waals surface area contributed by atoms with Gasteiger partial charge in [-0.15, -0.1) is 0 Å². The zero-order chi connectivity index (χ0) is 16.7. The first kappa shape index (κ1) is 15.8. The number of hydrogen-bond acceptors (Lipinski definition) is 3. The van der Waals surface area contributed by atoms with E-state index in [1.54, 1.807) is 0 Å². The molecule has 0 N–H and O–H groups in total. The van der Waals surface area contributed by atoms with Crippen molar-refractivity contribution in [1.29, 1.82) is 0 Å². The fraction of sp³-hybridized carbons (Fsp3) is 0.316. The molecule has 2 aromatic rings. The Balaban J connectivity index is 1.85. The molecule has 0 aromatic heterocycles. The van der Waals surface area contributed by atoms with E-state index in [4.69, 9.17) is 28.2 Å². The SMILES string of the molecule is CC1(c2ccccc2)CN(c2c(Cl)cccc2Cl)C2=NCCCN21. The summed E-state index contributed by atoms with van der Waals surface area (Å²) in [5.74, 6) is 0.975. The van der Waals surface area contributed by atoms with Crippen LogP contribution in [-0.4, -0.2) is 30.5 Å². The van der Waals surface area contributed by atoms with Crippen molar-refractivity contribution < 1.29 is 0 Å². The molecular formula is C19H19Cl2N3. The lowest BCUT2D eigenvalue weighted by Gasteiger charge is -2.37. The van der Waals surface area contributed by atoms with Gasteiger partial charge in [0.05, 0.1) is 27.8 Å². The van der Waals surface area contributed by atoms with Crippen molar-refractivity contribution in [2.75, 3.05) is 24.5 Å². The molecule has 0 bridgehead atoms. The highest BCUT2D eigenvalue weighted by atomic mass is 35.5. The quantitative estimate of drug-likeness (QED) is 0.767. The number of hydrogen-bond donors (Lipinski definition) is 0. The summed E-state index contributed by atoms with van der Waals surface area (Å²) in [5, 5.41) is 1.32. The summed E-state index contributed by atoms with van der Waals surface area (Å²) < 4.78 is 0. The van der Waals surface area contributed by atoms with Crippen LogP contribution in [0.1, 0.15) is 18.9 Å². The van der Waals surface area contributed by atoms with Crippen LogP contribution in [-0.2, 0) is 5.54 Å². The molecule has 1 saturated heterocycles. The summed E-state index contributed by atoms with van der Waals surface area (Å²) in [6, 6.07) is 16.2. The van der Waals surface area contributed by atoms with Crippen molar-refractivity contribution in [1.82, 2.24) is 4.90 Å². The molecule has 2 heterocycles. The minimum atomic E-state index is -0.150. The average molecular weight is 360 g/mol. The highest BCUT2D eigenvalue weighted by Crippen LogP contribution is 2.43. The molecule has 124 valence electrons. The van der Waals surface area contributed by atoms with Crippen LogP contribution >= 0.6 is 23.2 Å². The van der Waals surface area contributed by atoms with Crippen LogP contribution in [0.5, 0.6) is 0 Å². The van der Waals surface area contributed by atoms with E-state index in [1.807, 2.05) is 18.2 Å². The predicted octanol–water partition coefficient (Wildman–Crippen LogP) is 4.79. The molecule has 4 rings (SSSR count). The van der Waals surface area contributed by atoms with E-state index in [-0.39, 0.29) is 5.54 Å². The second-order valence-electron chi connectivity index (χ2n) is 6.48. The molecule has 0 amide bonds. The van der Waals surface area contributed by atoms with Gasteiger partial charge >= 0.3 is 0 Å². The first-order chi connectivity index (χ1) is 11.6. The fourth-order valence-corrected chi connectivity index (χ4v) is 4.33. The predicted molar refractivity (Wildman–Crippen MR) is 101 cm³/mol. The van der Waals surface area contributed by atoms with Crippen molar-refractivity contribution in [3.8, 4) is 0 Å². The molecule has 2 aliphatic heterocycles. The van der Waals surface area contributed by atoms with Crippen LogP contribution in [0.15, 0.2) is 53.5 Å². The van der Waals surface area contributed by atoms with Crippen LogP contribution in [0, 0.1) is 0 Å². The Morgan fingerprint density at radius 3 is 2.42 bits per heavy atom. The second-order valence-corrected chi connectivity index (χ2v) is 7.30. The van der Waals surface area contributed by atoms with Crippen molar-refractivity contribution >= 4 is 34.8 Å². The number of aliphatic imine (C=N–C) groups is 1. The van der Waals surface area contributed by atoms with Crippen LogP contribution in [0.25, 0.3) is 0 Å². The largest absolute Gasteiger partial charge is 0.331 e. The van der Waals surface area contributed by atoms with Crippen molar-refractivity contribution in [3.63, 3.8) is 0 Å². The number of anilines is 1. The Labute approximate surface area is 152 Å². The number of nitrogens with zero attached hydrogens (tertiary/aromatic N) is 3. The average Bonchev–Trinajstić information content (AvgIpc) is 2.90. The maximum atomic E-state index is 6.48. The van der Waals surface area contributed by atoms with E-state index >= 15 is 0 Å². The summed E-state index contributed by atoms with van der Waals surface area (Å²) >= 11 is 13.0. The standard InChI is InChI=1S/C19H19Cl2N3/c1-19(14-7-3-2-4-8-14)13-23(18-22-11-6-12-24(18)19)17-15(20)9-5-10-16(17)21/h2-5,7-10H,6,11-13H2,1H3. The molecule has 0 aliphatic carbocycles. The lowest BCUT2D eigenvalue weighted by atomic mass is 9.91.